The molecule has 2 heterocycles. The highest BCUT2D eigenvalue weighted by Crippen LogP contribution is 2.29. The molecule has 1 aromatic heterocycles. The summed E-state index contributed by atoms with van der Waals surface area (Å²) >= 11 is 0. The van der Waals surface area contributed by atoms with Crippen LogP contribution in [0.1, 0.15) is 40.4 Å². The molecule has 0 bridgehead atoms. The molecule has 2 fully saturated rings. The third kappa shape index (κ3) is 4.62. The number of hydrogen-bond acceptors (Lipinski definition) is 4. The first-order chi connectivity index (χ1) is 15.3. The summed E-state index contributed by atoms with van der Waals surface area (Å²) in [7, 11) is 0. The van der Waals surface area contributed by atoms with Crippen molar-refractivity contribution in [3.05, 3.63) is 95.7 Å². The number of rotatable bonds is 6. The fraction of sp³-hybridized carbons (Fsp3) is 0.308. The van der Waals surface area contributed by atoms with Crippen molar-refractivity contribution in [2.75, 3.05) is 31.5 Å². The van der Waals surface area contributed by atoms with Crippen LogP contribution in [0.5, 0.6) is 0 Å². The molecule has 1 N–H and O–H groups in total. The van der Waals surface area contributed by atoms with Gasteiger partial charge in [-0.05, 0) is 36.1 Å². The van der Waals surface area contributed by atoms with Gasteiger partial charge >= 0.3 is 0 Å². The van der Waals surface area contributed by atoms with Crippen LogP contribution in [0, 0.1) is 0 Å². The summed E-state index contributed by atoms with van der Waals surface area (Å²) in [5, 5.41) is 3.37. The van der Waals surface area contributed by atoms with Gasteiger partial charge in [0, 0.05) is 38.4 Å². The van der Waals surface area contributed by atoms with E-state index in [0.29, 0.717) is 11.6 Å². The zero-order chi connectivity index (χ0) is 21.0. The molecule has 5 heteroatoms. The summed E-state index contributed by atoms with van der Waals surface area (Å²) in [5.74, 6) is 0.929. The van der Waals surface area contributed by atoms with Gasteiger partial charge in [0.15, 0.2) is 0 Å². The van der Waals surface area contributed by atoms with Gasteiger partial charge in [0.25, 0.3) is 5.91 Å². The second-order valence-electron chi connectivity index (χ2n) is 8.40. The summed E-state index contributed by atoms with van der Waals surface area (Å²) in [6.07, 6.45) is 4.12. The average molecular weight is 413 g/mol. The van der Waals surface area contributed by atoms with E-state index in [-0.39, 0.29) is 11.9 Å². The molecule has 158 valence electrons. The smallest absolute Gasteiger partial charge is 0.255 e. The van der Waals surface area contributed by atoms with Gasteiger partial charge in [-0.3, -0.25) is 9.69 Å². The van der Waals surface area contributed by atoms with Gasteiger partial charge in [0.05, 0.1) is 11.6 Å². The molecule has 0 unspecified atom stereocenters. The number of benzene rings is 2. The molecule has 1 amide bonds. The predicted octanol–water partition coefficient (Wildman–Crippen LogP) is 4.20. The maximum atomic E-state index is 13.0. The first-order valence-electron chi connectivity index (χ1n) is 11.1. The molecule has 5 rings (SSSR count). The van der Waals surface area contributed by atoms with E-state index in [2.05, 4.69) is 75.9 Å². The Morgan fingerprint density at radius 1 is 0.839 bits per heavy atom. The largest absolute Gasteiger partial charge is 0.367 e. The van der Waals surface area contributed by atoms with Crippen molar-refractivity contribution >= 4 is 11.7 Å². The second kappa shape index (κ2) is 8.90. The Labute approximate surface area is 183 Å². The van der Waals surface area contributed by atoms with Crippen LogP contribution in [-0.4, -0.2) is 52.9 Å². The summed E-state index contributed by atoms with van der Waals surface area (Å²) in [4.78, 5) is 21.9. The number of nitrogens with zero attached hydrogens (tertiary/aromatic N) is 3. The lowest BCUT2D eigenvalue weighted by atomic mass is 9.96. The molecule has 31 heavy (non-hydrogen) atoms. The SMILES string of the molecule is O=C(c1ccc(NC2CC2)nc1)N1CCN(C(c2ccccc2)c2ccccc2)CC1. The van der Waals surface area contributed by atoms with E-state index in [1.54, 1.807) is 6.20 Å². The number of carbonyl (C=O) groups is 1. The fourth-order valence-corrected chi connectivity index (χ4v) is 4.29. The molecule has 1 aliphatic heterocycles. The average Bonchev–Trinajstić information content (AvgIpc) is 3.65. The van der Waals surface area contributed by atoms with Crippen LogP contribution in [0.4, 0.5) is 5.82 Å². The molecule has 2 aromatic carbocycles. The lowest BCUT2D eigenvalue weighted by Crippen LogP contribution is -2.49. The number of anilines is 1. The van der Waals surface area contributed by atoms with E-state index < -0.39 is 0 Å². The first-order valence-corrected chi connectivity index (χ1v) is 11.1. The number of nitrogens with one attached hydrogen (secondary N) is 1. The Balaban J connectivity index is 1.26. The maximum Gasteiger partial charge on any atom is 0.255 e. The summed E-state index contributed by atoms with van der Waals surface area (Å²) < 4.78 is 0. The minimum atomic E-state index is 0.0705. The van der Waals surface area contributed by atoms with Gasteiger partial charge < -0.3 is 10.2 Å². The lowest BCUT2D eigenvalue weighted by Gasteiger charge is -2.39. The number of amides is 1. The molecule has 0 radical (unpaired) electrons. The Morgan fingerprint density at radius 3 is 1.97 bits per heavy atom. The molecule has 3 aromatic rings. The standard InChI is InChI=1S/C26H28N4O/c31-26(22-11-14-24(27-19-22)28-23-12-13-23)30-17-15-29(16-18-30)25(20-7-3-1-4-8-20)21-9-5-2-6-10-21/h1-11,14,19,23,25H,12-13,15-18H2,(H,27,28). The van der Waals surface area contributed by atoms with Crippen LogP contribution in [0.15, 0.2) is 79.0 Å². The minimum Gasteiger partial charge on any atom is -0.367 e. The number of aromatic nitrogens is 1. The van der Waals surface area contributed by atoms with Crippen molar-refractivity contribution in [3.63, 3.8) is 0 Å². The van der Waals surface area contributed by atoms with Gasteiger partial charge in [-0.1, -0.05) is 60.7 Å². The molecular weight excluding hydrogens is 384 g/mol. The Bertz CT molecular complexity index is 955. The molecule has 1 aliphatic carbocycles. The van der Waals surface area contributed by atoms with Crippen LogP contribution in [0.25, 0.3) is 0 Å². The molecule has 1 saturated carbocycles. The Kier molecular flexibility index (Phi) is 5.67. The van der Waals surface area contributed by atoms with Crippen LogP contribution in [0.2, 0.25) is 0 Å². The first kappa shape index (κ1) is 19.8. The molecular formula is C26H28N4O. The van der Waals surface area contributed by atoms with Crippen LogP contribution in [-0.2, 0) is 0 Å². The quantitative estimate of drug-likeness (QED) is 0.659. The highest BCUT2D eigenvalue weighted by molar-refractivity contribution is 5.94. The Hall–Kier alpha value is -3.18. The van der Waals surface area contributed by atoms with Crippen molar-refractivity contribution in [1.29, 1.82) is 0 Å². The minimum absolute atomic E-state index is 0.0705. The third-order valence-electron chi connectivity index (χ3n) is 6.14. The van der Waals surface area contributed by atoms with E-state index in [1.807, 2.05) is 17.0 Å². The van der Waals surface area contributed by atoms with Crippen molar-refractivity contribution in [2.45, 2.75) is 24.9 Å². The van der Waals surface area contributed by atoms with Gasteiger partial charge in [-0.15, -0.1) is 0 Å². The maximum absolute atomic E-state index is 13.0. The van der Waals surface area contributed by atoms with Gasteiger partial charge in [-0.25, -0.2) is 4.98 Å². The van der Waals surface area contributed by atoms with E-state index >= 15 is 0 Å². The number of carbonyl (C=O) groups excluding carboxylic acids is 1. The fourth-order valence-electron chi connectivity index (χ4n) is 4.29. The van der Waals surface area contributed by atoms with Gasteiger partial charge in [-0.2, -0.15) is 0 Å². The predicted molar refractivity (Wildman–Crippen MR) is 123 cm³/mol. The van der Waals surface area contributed by atoms with Crippen LogP contribution in [0.3, 0.4) is 0 Å². The third-order valence-corrected chi connectivity index (χ3v) is 6.14. The zero-order valence-electron chi connectivity index (χ0n) is 17.7. The molecule has 1 saturated heterocycles. The van der Waals surface area contributed by atoms with E-state index in [4.69, 9.17) is 0 Å². The summed E-state index contributed by atoms with van der Waals surface area (Å²) in [6.45, 7) is 3.12. The van der Waals surface area contributed by atoms with Gasteiger partial charge in [0.2, 0.25) is 0 Å². The van der Waals surface area contributed by atoms with Crippen molar-refractivity contribution in [3.8, 4) is 0 Å². The van der Waals surface area contributed by atoms with E-state index in [0.717, 1.165) is 32.0 Å². The van der Waals surface area contributed by atoms with Crippen molar-refractivity contribution in [1.82, 2.24) is 14.8 Å². The van der Waals surface area contributed by atoms with Crippen molar-refractivity contribution < 1.29 is 4.79 Å². The summed E-state index contributed by atoms with van der Waals surface area (Å²) in [6, 6.07) is 25.8. The highest BCUT2D eigenvalue weighted by atomic mass is 16.2. The number of pyridine rings is 1. The van der Waals surface area contributed by atoms with Gasteiger partial charge in [0.1, 0.15) is 5.82 Å². The Morgan fingerprint density at radius 2 is 1.45 bits per heavy atom. The van der Waals surface area contributed by atoms with Crippen molar-refractivity contribution in [2.24, 2.45) is 0 Å². The van der Waals surface area contributed by atoms with E-state index in [9.17, 15) is 4.79 Å². The molecule has 2 aliphatic rings. The number of hydrogen-bond donors (Lipinski definition) is 1. The molecule has 0 spiro atoms. The normalized spacial score (nSPS) is 17.0. The monoisotopic (exact) mass is 412 g/mol. The highest BCUT2D eigenvalue weighted by Gasteiger charge is 2.28. The van der Waals surface area contributed by atoms with Crippen LogP contribution < -0.4 is 5.32 Å². The zero-order valence-corrected chi connectivity index (χ0v) is 17.7. The molecule has 0 atom stereocenters. The van der Waals surface area contributed by atoms with Crippen LogP contribution >= 0.6 is 0 Å². The van der Waals surface area contributed by atoms with E-state index in [1.165, 1.54) is 24.0 Å². The number of piperazine rings is 1. The summed E-state index contributed by atoms with van der Waals surface area (Å²) in [5.41, 5.74) is 3.24. The lowest BCUT2D eigenvalue weighted by molar-refractivity contribution is 0.0597. The topological polar surface area (TPSA) is 48.5 Å². The second-order valence-corrected chi connectivity index (χ2v) is 8.40. The molecule has 5 nitrogen and oxygen atoms in total.